The minimum absolute atomic E-state index is 0.0294. The first-order valence-corrected chi connectivity index (χ1v) is 9.52. The number of imidazole rings is 1. The monoisotopic (exact) mass is 441 g/mol. The first-order chi connectivity index (χ1) is 15.2. The summed E-state index contributed by atoms with van der Waals surface area (Å²) in [4.78, 5) is 20.7. The van der Waals surface area contributed by atoms with Gasteiger partial charge in [-0.1, -0.05) is 12.1 Å². The maximum absolute atomic E-state index is 15.0. The number of anilines is 2. The van der Waals surface area contributed by atoms with Crippen molar-refractivity contribution >= 4 is 22.9 Å². The second-order valence-electron chi connectivity index (χ2n) is 7.23. The van der Waals surface area contributed by atoms with E-state index in [1.165, 1.54) is 18.2 Å². The van der Waals surface area contributed by atoms with Crippen LogP contribution < -0.4 is 11.1 Å². The van der Waals surface area contributed by atoms with E-state index in [1.807, 2.05) is 0 Å². The molecule has 2 heterocycles. The van der Waals surface area contributed by atoms with Crippen LogP contribution in [0.1, 0.15) is 23.2 Å². The normalized spacial score (nSPS) is 12.2. The first-order valence-electron chi connectivity index (χ1n) is 9.52. The Morgan fingerprint density at radius 1 is 1.12 bits per heavy atom. The predicted molar refractivity (Wildman–Crippen MR) is 112 cm³/mol. The molecule has 164 valence electrons. The van der Waals surface area contributed by atoms with Crippen molar-refractivity contribution in [1.82, 2.24) is 14.4 Å². The lowest BCUT2D eigenvalue weighted by Crippen LogP contribution is -2.21. The number of nitrogen functional groups attached to an aromatic ring is 1. The lowest BCUT2D eigenvalue weighted by atomic mass is 10.1. The van der Waals surface area contributed by atoms with Crippen molar-refractivity contribution in [3.63, 3.8) is 0 Å². The predicted octanol–water partition coefficient (Wildman–Crippen LogP) is 3.68. The number of amides is 1. The summed E-state index contributed by atoms with van der Waals surface area (Å²) < 4.78 is 44.7. The summed E-state index contributed by atoms with van der Waals surface area (Å²) in [6.45, 7) is 3.43. The van der Waals surface area contributed by atoms with Gasteiger partial charge < -0.3 is 16.2 Å². The summed E-state index contributed by atoms with van der Waals surface area (Å²) in [5.41, 5.74) is 6.35. The number of carbonyl (C=O) groups excluding carboxylic acids is 1. The second kappa shape index (κ2) is 7.97. The topological polar surface area (TPSA) is 106 Å². The number of rotatable bonds is 4. The van der Waals surface area contributed by atoms with Gasteiger partial charge >= 0.3 is 0 Å². The van der Waals surface area contributed by atoms with Crippen LogP contribution in [0.15, 0.2) is 42.6 Å². The van der Waals surface area contributed by atoms with Crippen molar-refractivity contribution in [2.24, 2.45) is 0 Å². The fourth-order valence-corrected chi connectivity index (χ4v) is 3.45. The van der Waals surface area contributed by atoms with Crippen LogP contribution in [-0.4, -0.2) is 25.4 Å². The van der Waals surface area contributed by atoms with E-state index in [1.54, 1.807) is 24.4 Å². The van der Waals surface area contributed by atoms with Crippen molar-refractivity contribution in [2.75, 3.05) is 11.1 Å². The fraction of sp³-hybridized carbons (Fsp3) is 0.136. The van der Waals surface area contributed by atoms with Gasteiger partial charge in [-0.15, -0.1) is 0 Å². The minimum atomic E-state index is -1.78. The van der Waals surface area contributed by atoms with Crippen LogP contribution >= 0.6 is 0 Å². The van der Waals surface area contributed by atoms with Gasteiger partial charge in [0.25, 0.3) is 5.91 Å². The van der Waals surface area contributed by atoms with Crippen molar-refractivity contribution in [3.8, 4) is 11.3 Å². The molecule has 32 heavy (non-hydrogen) atoms. The average Bonchev–Trinajstić information content (AvgIpc) is 3.07. The molecule has 4 rings (SSSR count). The highest BCUT2D eigenvalue weighted by molar-refractivity contribution is 5.95. The van der Waals surface area contributed by atoms with Crippen LogP contribution in [0.5, 0.6) is 0 Å². The SMILES string of the molecule is Cc1cn2c(C)nc(-c3ccc(NC(=O)C(O)c4cccc(F)c4)c(F)c3F)c2c(N)n1. The van der Waals surface area contributed by atoms with E-state index in [-0.39, 0.29) is 22.6 Å². The molecule has 1 atom stereocenters. The van der Waals surface area contributed by atoms with Crippen LogP contribution in [0.4, 0.5) is 24.7 Å². The van der Waals surface area contributed by atoms with E-state index in [2.05, 4.69) is 15.3 Å². The van der Waals surface area contributed by atoms with Gasteiger partial charge in [0.05, 0.1) is 11.4 Å². The van der Waals surface area contributed by atoms with Gasteiger partial charge in [0.1, 0.15) is 28.7 Å². The Bertz CT molecular complexity index is 1370. The molecule has 4 aromatic rings. The zero-order valence-electron chi connectivity index (χ0n) is 17.0. The third-order valence-corrected chi connectivity index (χ3v) is 4.95. The van der Waals surface area contributed by atoms with Gasteiger partial charge in [-0.25, -0.2) is 23.1 Å². The summed E-state index contributed by atoms with van der Waals surface area (Å²) in [6, 6.07) is 7.14. The van der Waals surface area contributed by atoms with E-state index in [9.17, 15) is 23.1 Å². The number of fused-ring (bicyclic) bond motifs is 1. The molecule has 0 fully saturated rings. The van der Waals surface area contributed by atoms with Gasteiger partial charge in [0.2, 0.25) is 0 Å². The molecule has 1 unspecified atom stereocenters. The summed E-state index contributed by atoms with van der Waals surface area (Å²) in [6.07, 6.45) is -0.101. The van der Waals surface area contributed by atoms with E-state index < -0.39 is 35.2 Å². The van der Waals surface area contributed by atoms with Crippen molar-refractivity contribution in [1.29, 1.82) is 0 Å². The van der Waals surface area contributed by atoms with E-state index in [0.717, 1.165) is 18.2 Å². The standard InChI is InChI=1S/C22H18F3N5O2/c1-10-9-30-11(2)28-18(19(30)21(26)27-10)14-6-7-15(17(25)16(14)24)29-22(32)20(31)12-4-3-5-13(23)8-12/h3-9,20,31H,1-2H3,(H2,26,27)(H,29,32). The number of aliphatic hydroxyl groups is 1. The molecule has 0 aliphatic rings. The zero-order chi connectivity index (χ0) is 23.2. The Morgan fingerprint density at radius 2 is 1.88 bits per heavy atom. The molecule has 0 aliphatic heterocycles. The molecule has 2 aromatic carbocycles. The number of nitrogens with one attached hydrogen (secondary N) is 1. The quantitative estimate of drug-likeness (QED) is 0.448. The molecule has 0 saturated heterocycles. The molecule has 10 heteroatoms. The summed E-state index contributed by atoms with van der Waals surface area (Å²) in [5, 5.41) is 12.2. The highest BCUT2D eigenvalue weighted by atomic mass is 19.2. The summed E-state index contributed by atoms with van der Waals surface area (Å²) in [5.74, 6) is -3.70. The van der Waals surface area contributed by atoms with Gasteiger partial charge in [-0.2, -0.15) is 0 Å². The lowest BCUT2D eigenvalue weighted by molar-refractivity contribution is -0.124. The number of halogens is 3. The summed E-state index contributed by atoms with van der Waals surface area (Å²) >= 11 is 0. The molecule has 0 saturated carbocycles. The Kier molecular flexibility index (Phi) is 5.31. The van der Waals surface area contributed by atoms with Crippen LogP contribution in [-0.2, 0) is 4.79 Å². The third kappa shape index (κ3) is 3.65. The molecule has 0 spiro atoms. The number of nitrogens with two attached hydrogens (primary N) is 1. The number of hydrogen-bond donors (Lipinski definition) is 3. The number of hydrogen-bond acceptors (Lipinski definition) is 5. The molecule has 4 N–H and O–H groups in total. The number of nitrogens with zero attached hydrogens (tertiary/aromatic N) is 3. The molecule has 0 bridgehead atoms. The number of aryl methyl sites for hydroxylation is 2. The highest BCUT2D eigenvalue weighted by Crippen LogP contribution is 2.33. The average molecular weight is 441 g/mol. The van der Waals surface area contributed by atoms with Crippen molar-refractivity contribution < 1.29 is 23.1 Å². The van der Waals surface area contributed by atoms with Crippen LogP contribution in [0.2, 0.25) is 0 Å². The Balaban J connectivity index is 1.69. The highest BCUT2D eigenvalue weighted by Gasteiger charge is 2.24. The number of carbonyl (C=O) groups is 1. The largest absolute Gasteiger partial charge is 0.382 e. The lowest BCUT2D eigenvalue weighted by Gasteiger charge is -2.13. The van der Waals surface area contributed by atoms with E-state index in [0.29, 0.717) is 17.0 Å². The molecular weight excluding hydrogens is 423 g/mol. The fourth-order valence-electron chi connectivity index (χ4n) is 3.45. The number of benzene rings is 2. The molecular formula is C22H18F3N5O2. The van der Waals surface area contributed by atoms with Gasteiger partial charge in [-0.3, -0.25) is 9.20 Å². The van der Waals surface area contributed by atoms with Gasteiger partial charge in [0.15, 0.2) is 17.7 Å². The van der Waals surface area contributed by atoms with Gasteiger partial charge in [-0.05, 0) is 43.7 Å². The molecule has 1 amide bonds. The van der Waals surface area contributed by atoms with E-state index in [4.69, 9.17) is 5.73 Å². The van der Waals surface area contributed by atoms with Crippen LogP contribution in [0.25, 0.3) is 16.8 Å². The summed E-state index contributed by atoms with van der Waals surface area (Å²) in [7, 11) is 0. The van der Waals surface area contributed by atoms with E-state index >= 15 is 0 Å². The Hall–Kier alpha value is -3.92. The maximum atomic E-state index is 15.0. The second-order valence-corrected chi connectivity index (χ2v) is 7.23. The maximum Gasteiger partial charge on any atom is 0.257 e. The van der Waals surface area contributed by atoms with Crippen LogP contribution in [0, 0.1) is 31.3 Å². The zero-order valence-corrected chi connectivity index (χ0v) is 17.0. The van der Waals surface area contributed by atoms with Crippen molar-refractivity contribution in [2.45, 2.75) is 20.0 Å². The van der Waals surface area contributed by atoms with Crippen LogP contribution in [0.3, 0.4) is 0 Å². The Morgan fingerprint density at radius 3 is 2.59 bits per heavy atom. The first kappa shape index (κ1) is 21.3. The molecule has 0 radical (unpaired) electrons. The molecule has 2 aromatic heterocycles. The Labute approximate surface area is 180 Å². The number of aliphatic hydroxyl groups excluding tert-OH is 1. The van der Waals surface area contributed by atoms with Crippen molar-refractivity contribution in [3.05, 3.63) is 77.1 Å². The van der Waals surface area contributed by atoms with Gasteiger partial charge in [0, 0.05) is 11.8 Å². The molecule has 0 aliphatic carbocycles. The number of aromatic nitrogens is 3. The smallest absolute Gasteiger partial charge is 0.257 e. The molecule has 7 nitrogen and oxygen atoms in total. The third-order valence-electron chi connectivity index (χ3n) is 4.95. The minimum Gasteiger partial charge on any atom is -0.382 e.